The molecule has 1 aliphatic rings. The van der Waals surface area contributed by atoms with Crippen molar-refractivity contribution in [1.29, 1.82) is 0 Å². The molecule has 1 atom stereocenters. The minimum Gasteiger partial charge on any atom is -0.451 e. The van der Waals surface area contributed by atoms with Crippen molar-refractivity contribution in [3.05, 3.63) is 35.6 Å². The van der Waals surface area contributed by atoms with Crippen molar-refractivity contribution in [1.82, 2.24) is 4.90 Å². The van der Waals surface area contributed by atoms with Crippen molar-refractivity contribution in [2.24, 2.45) is 5.73 Å². The first-order valence-corrected chi connectivity index (χ1v) is 6.18. The fourth-order valence-electron chi connectivity index (χ4n) is 2.40. The Balaban J connectivity index is 0.00000133. The van der Waals surface area contributed by atoms with Crippen molar-refractivity contribution < 1.29 is 9.21 Å². The van der Waals surface area contributed by atoms with E-state index >= 15 is 0 Å². The average Bonchev–Trinajstić information content (AvgIpc) is 2.93. The first-order valence-electron chi connectivity index (χ1n) is 6.18. The average molecular weight is 281 g/mol. The van der Waals surface area contributed by atoms with Crippen LogP contribution in [0.4, 0.5) is 0 Å². The van der Waals surface area contributed by atoms with Gasteiger partial charge in [0, 0.05) is 24.5 Å². The standard InChI is InChI=1S/C14H16N2O2.ClH/c1-9-2-3-12-10(6-9)7-13(18-12)14(17)16-5-4-11(15)8-16;/h2-3,6-7,11H,4-5,8,15H2,1H3;1H. The highest BCUT2D eigenvalue weighted by molar-refractivity contribution is 5.96. The molecule has 2 aromatic rings. The minimum atomic E-state index is -0.0585. The van der Waals surface area contributed by atoms with Gasteiger partial charge in [0.05, 0.1) is 0 Å². The van der Waals surface area contributed by atoms with Crippen LogP contribution in [0.15, 0.2) is 28.7 Å². The molecule has 0 radical (unpaired) electrons. The summed E-state index contributed by atoms with van der Waals surface area (Å²) in [5, 5.41) is 0.974. The molecule has 4 nitrogen and oxygen atoms in total. The molecule has 1 fully saturated rings. The lowest BCUT2D eigenvalue weighted by Gasteiger charge is -2.13. The summed E-state index contributed by atoms with van der Waals surface area (Å²) in [6.07, 6.45) is 0.866. The van der Waals surface area contributed by atoms with Gasteiger partial charge >= 0.3 is 0 Å². The zero-order chi connectivity index (χ0) is 12.7. The van der Waals surface area contributed by atoms with Crippen molar-refractivity contribution >= 4 is 29.3 Å². The summed E-state index contributed by atoms with van der Waals surface area (Å²) in [5.41, 5.74) is 7.73. The summed E-state index contributed by atoms with van der Waals surface area (Å²) in [6.45, 7) is 3.36. The van der Waals surface area contributed by atoms with Gasteiger partial charge in [0.2, 0.25) is 0 Å². The molecule has 0 aliphatic carbocycles. The van der Waals surface area contributed by atoms with E-state index in [1.807, 2.05) is 31.2 Å². The SMILES string of the molecule is Cc1ccc2oc(C(=O)N3CCC(N)C3)cc2c1.Cl. The lowest BCUT2D eigenvalue weighted by molar-refractivity contribution is 0.0761. The predicted molar refractivity (Wildman–Crippen MR) is 76.7 cm³/mol. The van der Waals surface area contributed by atoms with Crippen LogP contribution in [0.25, 0.3) is 11.0 Å². The van der Waals surface area contributed by atoms with Gasteiger partial charge in [-0.05, 0) is 31.5 Å². The van der Waals surface area contributed by atoms with E-state index in [2.05, 4.69) is 0 Å². The second kappa shape index (κ2) is 5.23. The van der Waals surface area contributed by atoms with E-state index in [4.69, 9.17) is 10.2 Å². The van der Waals surface area contributed by atoms with E-state index in [1.165, 1.54) is 0 Å². The number of aryl methyl sites for hydroxylation is 1. The third-order valence-corrected chi connectivity index (χ3v) is 3.39. The molecule has 1 aromatic heterocycles. The molecule has 1 aromatic carbocycles. The van der Waals surface area contributed by atoms with Crippen LogP contribution in [0.2, 0.25) is 0 Å². The summed E-state index contributed by atoms with van der Waals surface area (Å²) in [4.78, 5) is 14.0. The molecule has 1 amide bonds. The van der Waals surface area contributed by atoms with Gasteiger partial charge in [0.25, 0.3) is 5.91 Å². The zero-order valence-electron chi connectivity index (χ0n) is 10.8. The maximum atomic E-state index is 12.2. The number of hydrogen-bond donors (Lipinski definition) is 1. The van der Waals surface area contributed by atoms with Crippen molar-refractivity contribution in [2.75, 3.05) is 13.1 Å². The summed E-state index contributed by atoms with van der Waals surface area (Å²) >= 11 is 0. The zero-order valence-corrected chi connectivity index (χ0v) is 11.6. The predicted octanol–water partition coefficient (Wildman–Crippen LogP) is 2.34. The molecule has 2 N–H and O–H groups in total. The fraction of sp³-hybridized carbons (Fsp3) is 0.357. The van der Waals surface area contributed by atoms with Crippen LogP contribution < -0.4 is 5.73 Å². The molecule has 0 saturated carbocycles. The van der Waals surface area contributed by atoms with Crippen LogP contribution in [0.5, 0.6) is 0 Å². The van der Waals surface area contributed by atoms with Gasteiger partial charge in [0.15, 0.2) is 5.76 Å². The van der Waals surface area contributed by atoms with Gasteiger partial charge in [-0.25, -0.2) is 0 Å². The Kier molecular flexibility index (Phi) is 3.83. The minimum absolute atomic E-state index is 0. The van der Waals surface area contributed by atoms with Gasteiger partial charge in [-0.3, -0.25) is 4.79 Å². The van der Waals surface area contributed by atoms with Gasteiger partial charge in [0.1, 0.15) is 5.58 Å². The third kappa shape index (κ3) is 2.60. The van der Waals surface area contributed by atoms with Gasteiger partial charge in [-0.15, -0.1) is 12.4 Å². The van der Waals surface area contributed by atoms with E-state index in [1.54, 1.807) is 4.90 Å². The molecule has 1 aliphatic heterocycles. The quantitative estimate of drug-likeness (QED) is 0.872. The number of halogens is 1. The van der Waals surface area contributed by atoms with Crippen LogP contribution in [-0.4, -0.2) is 29.9 Å². The lowest BCUT2D eigenvalue weighted by atomic mass is 10.2. The summed E-state index contributed by atoms with van der Waals surface area (Å²) in [7, 11) is 0. The molecular weight excluding hydrogens is 264 g/mol. The lowest BCUT2D eigenvalue weighted by Crippen LogP contribution is -2.31. The number of fused-ring (bicyclic) bond motifs is 1. The number of amides is 1. The molecule has 0 spiro atoms. The third-order valence-electron chi connectivity index (χ3n) is 3.39. The van der Waals surface area contributed by atoms with E-state index < -0.39 is 0 Å². The summed E-state index contributed by atoms with van der Waals surface area (Å²) in [5.74, 6) is 0.349. The Bertz CT molecular complexity index is 609. The van der Waals surface area contributed by atoms with Crippen LogP contribution in [0, 0.1) is 6.92 Å². The smallest absolute Gasteiger partial charge is 0.289 e. The van der Waals surface area contributed by atoms with Gasteiger partial charge < -0.3 is 15.1 Å². The number of carbonyl (C=O) groups excluding carboxylic acids is 1. The largest absolute Gasteiger partial charge is 0.451 e. The molecule has 19 heavy (non-hydrogen) atoms. The molecule has 0 bridgehead atoms. The van der Waals surface area contributed by atoms with Gasteiger partial charge in [-0.2, -0.15) is 0 Å². The molecule has 3 rings (SSSR count). The maximum absolute atomic E-state index is 12.2. The van der Waals surface area contributed by atoms with Crippen LogP contribution in [0.3, 0.4) is 0 Å². The Morgan fingerprint density at radius 1 is 1.42 bits per heavy atom. The number of nitrogens with zero attached hydrogens (tertiary/aromatic N) is 1. The second-order valence-corrected chi connectivity index (χ2v) is 4.95. The number of carbonyl (C=O) groups is 1. The molecule has 102 valence electrons. The first-order chi connectivity index (χ1) is 8.63. The van der Waals surface area contributed by atoms with E-state index in [0.717, 1.165) is 29.5 Å². The van der Waals surface area contributed by atoms with Crippen molar-refractivity contribution in [3.63, 3.8) is 0 Å². The number of hydrogen-bond acceptors (Lipinski definition) is 3. The molecule has 2 heterocycles. The normalized spacial score (nSPS) is 18.6. The maximum Gasteiger partial charge on any atom is 0.289 e. The molecular formula is C14H17ClN2O2. The Morgan fingerprint density at radius 2 is 2.21 bits per heavy atom. The van der Waals surface area contributed by atoms with E-state index in [-0.39, 0.29) is 24.4 Å². The highest BCUT2D eigenvalue weighted by Crippen LogP contribution is 2.22. The summed E-state index contributed by atoms with van der Waals surface area (Å²) in [6, 6.07) is 7.81. The van der Waals surface area contributed by atoms with E-state index in [9.17, 15) is 4.79 Å². The highest BCUT2D eigenvalue weighted by Gasteiger charge is 2.26. The van der Waals surface area contributed by atoms with Crippen molar-refractivity contribution in [2.45, 2.75) is 19.4 Å². The number of likely N-dealkylation sites (tertiary alicyclic amines) is 1. The molecule has 5 heteroatoms. The first kappa shape index (κ1) is 13.9. The summed E-state index contributed by atoms with van der Waals surface area (Å²) < 4.78 is 5.60. The molecule has 1 saturated heterocycles. The van der Waals surface area contributed by atoms with Crippen molar-refractivity contribution in [3.8, 4) is 0 Å². The highest BCUT2D eigenvalue weighted by atomic mass is 35.5. The number of benzene rings is 1. The topological polar surface area (TPSA) is 59.5 Å². The van der Waals surface area contributed by atoms with Gasteiger partial charge in [-0.1, -0.05) is 11.6 Å². The monoisotopic (exact) mass is 280 g/mol. The Hall–Kier alpha value is -1.52. The number of nitrogens with two attached hydrogens (primary N) is 1. The fourth-order valence-corrected chi connectivity index (χ4v) is 2.40. The van der Waals surface area contributed by atoms with Crippen LogP contribution in [-0.2, 0) is 0 Å². The Morgan fingerprint density at radius 3 is 2.89 bits per heavy atom. The Labute approximate surface area is 118 Å². The number of rotatable bonds is 1. The number of furan rings is 1. The van der Waals surface area contributed by atoms with Crippen LogP contribution in [0.1, 0.15) is 22.5 Å². The van der Waals surface area contributed by atoms with E-state index in [0.29, 0.717) is 12.3 Å². The molecule has 1 unspecified atom stereocenters. The second-order valence-electron chi connectivity index (χ2n) is 4.95. The van der Waals surface area contributed by atoms with Crippen LogP contribution >= 0.6 is 12.4 Å².